The van der Waals surface area contributed by atoms with Gasteiger partial charge in [-0.3, -0.25) is 14.9 Å². The van der Waals surface area contributed by atoms with Crippen molar-refractivity contribution in [2.75, 3.05) is 17.2 Å². The second kappa shape index (κ2) is 6.31. The molecule has 108 valence electrons. The number of hydrogen-bond acceptors (Lipinski definition) is 6. The van der Waals surface area contributed by atoms with Gasteiger partial charge in [0.2, 0.25) is 17.8 Å². The predicted molar refractivity (Wildman–Crippen MR) is 75.3 cm³/mol. The Balaban J connectivity index is 2.08. The number of carbonyl (C=O) groups excluding carboxylic acids is 2. The topological polar surface area (TPSA) is 96.0 Å². The van der Waals surface area contributed by atoms with Crippen molar-refractivity contribution in [1.82, 2.24) is 15.3 Å². The second-order valence-electron chi connectivity index (χ2n) is 4.80. The van der Waals surface area contributed by atoms with Crippen molar-refractivity contribution in [3.05, 3.63) is 11.8 Å². The van der Waals surface area contributed by atoms with Crippen LogP contribution in [-0.4, -0.2) is 34.4 Å². The van der Waals surface area contributed by atoms with Crippen LogP contribution in [0.5, 0.6) is 0 Å². The average molecular weight is 277 g/mol. The summed E-state index contributed by atoms with van der Waals surface area (Å²) < 4.78 is 0. The van der Waals surface area contributed by atoms with E-state index in [-0.39, 0.29) is 11.8 Å². The highest BCUT2D eigenvalue weighted by Crippen LogP contribution is 2.16. The SMILES string of the molecule is CCCNc1ncc(C)c(NC2CCC(=O)NC2=O)n1. The van der Waals surface area contributed by atoms with Crippen molar-refractivity contribution in [2.45, 2.75) is 39.2 Å². The van der Waals surface area contributed by atoms with Crippen LogP contribution >= 0.6 is 0 Å². The van der Waals surface area contributed by atoms with E-state index in [4.69, 9.17) is 0 Å². The molecule has 0 saturated carbocycles. The quantitative estimate of drug-likeness (QED) is 0.690. The smallest absolute Gasteiger partial charge is 0.249 e. The van der Waals surface area contributed by atoms with Crippen LogP contribution in [0.3, 0.4) is 0 Å². The van der Waals surface area contributed by atoms with Gasteiger partial charge in [-0.1, -0.05) is 6.92 Å². The first-order chi connectivity index (χ1) is 9.60. The molecule has 1 saturated heterocycles. The highest BCUT2D eigenvalue weighted by Gasteiger charge is 2.27. The van der Waals surface area contributed by atoms with Crippen LogP contribution in [0.15, 0.2) is 6.20 Å². The number of nitrogens with zero attached hydrogens (tertiary/aromatic N) is 2. The Morgan fingerprint density at radius 2 is 2.25 bits per heavy atom. The minimum absolute atomic E-state index is 0.224. The fraction of sp³-hybridized carbons (Fsp3) is 0.538. The third-order valence-corrected chi connectivity index (χ3v) is 3.05. The van der Waals surface area contributed by atoms with Crippen molar-refractivity contribution < 1.29 is 9.59 Å². The Labute approximate surface area is 117 Å². The molecular weight excluding hydrogens is 258 g/mol. The Kier molecular flexibility index (Phi) is 4.49. The van der Waals surface area contributed by atoms with Crippen molar-refractivity contribution >= 4 is 23.6 Å². The van der Waals surface area contributed by atoms with Gasteiger partial charge in [0.25, 0.3) is 0 Å². The van der Waals surface area contributed by atoms with E-state index in [2.05, 4.69) is 32.8 Å². The Morgan fingerprint density at radius 3 is 2.95 bits per heavy atom. The van der Waals surface area contributed by atoms with Gasteiger partial charge in [-0.15, -0.1) is 0 Å². The molecule has 2 amide bonds. The molecule has 1 aliphatic rings. The van der Waals surface area contributed by atoms with E-state index in [0.29, 0.717) is 24.6 Å². The van der Waals surface area contributed by atoms with Crippen molar-refractivity contribution in [2.24, 2.45) is 0 Å². The summed E-state index contributed by atoms with van der Waals surface area (Å²) in [6.07, 6.45) is 3.51. The van der Waals surface area contributed by atoms with Crippen molar-refractivity contribution in [1.29, 1.82) is 0 Å². The molecule has 0 aromatic carbocycles. The van der Waals surface area contributed by atoms with Gasteiger partial charge in [0.05, 0.1) is 0 Å². The number of amides is 2. The van der Waals surface area contributed by atoms with Gasteiger partial charge < -0.3 is 10.6 Å². The molecule has 1 unspecified atom stereocenters. The normalized spacial score (nSPS) is 18.6. The second-order valence-corrected chi connectivity index (χ2v) is 4.80. The molecule has 1 fully saturated rings. The molecular formula is C13H19N5O2. The minimum Gasteiger partial charge on any atom is -0.358 e. The summed E-state index contributed by atoms with van der Waals surface area (Å²) in [7, 11) is 0. The van der Waals surface area contributed by atoms with Crippen LogP contribution in [-0.2, 0) is 9.59 Å². The summed E-state index contributed by atoms with van der Waals surface area (Å²) in [5.41, 5.74) is 0.858. The largest absolute Gasteiger partial charge is 0.358 e. The van der Waals surface area contributed by atoms with Gasteiger partial charge in [0.1, 0.15) is 11.9 Å². The van der Waals surface area contributed by atoms with Crippen LogP contribution in [0.2, 0.25) is 0 Å². The van der Waals surface area contributed by atoms with Gasteiger partial charge in [0.15, 0.2) is 0 Å². The number of imide groups is 1. The molecule has 1 aromatic rings. The molecule has 2 rings (SSSR count). The van der Waals surface area contributed by atoms with E-state index in [1.807, 2.05) is 6.92 Å². The third kappa shape index (κ3) is 3.43. The van der Waals surface area contributed by atoms with Crippen LogP contribution in [0, 0.1) is 6.92 Å². The maximum Gasteiger partial charge on any atom is 0.249 e. The number of aromatic nitrogens is 2. The van der Waals surface area contributed by atoms with E-state index < -0.39 is 6.04 Å². The Hall–Kier alpha value is -2.18. The van der Waals surface area contributed by atoms with Gasteiger partial charge >= 0.3 is 0 Å². The van der Waals surface area contributed by atoms with Gasteiger partial charge in [-0.25, -0.2) is 4.98 Å². The first kappa shape index (κ1) is 14.2. The monoisotopic (exact) mass is 277 g/mol. The lowest BCUT2D eigenvalue weighted by atomic mass is 10.1. The molecule has 1 aromatic heterocycles. The molecule has 0 spiro atoms. The van der Waals surface area contributed by atoms with E-state index >= 15 is 0 Å². The van der Waals surface area contributed by atoms with E-state index in [9.17, 15) is 9.59 Å². The summed E-state index contributed by atoms with van der Waals surface area (Å²) in [6.45, 7) is 4.72. The summed E-state index contributed by atoms with van der Waals surface area (Å²) >= 11 is 0. The number of nitrogens with one attached hydrogen (secondary N) is 3. The maximum absolute atomic E-state index is 11.7. The summed E-state index contributed by atoms with van der Waals surface area (Å²) in [4.78, 5) is 31.4. The summed E-state index contributed by atoms with van der Waals surface area (Å²) in [5.74, 6) is 0.625. The van der Waals surface area contributed by atoms with Crippen LogP contribution < -0.4 is 16.0 Å². The summed E-state index contributed by atoms with van der Waals surface area (Å²) in [5, 5.41) is 8.50. The lowest BCUT2D eigenvalue weighted by molar-refractivity contribution is -0.133. The van der Waals surface area contributed by atoms with Crippen LogP contribution in [0.4, 0.5) is 11.8 Å². The number of anilines is 2. The number of carbonyl (C=O) groups is 2. The predicted octanol–water partition coefficient (Wildman–Crippen LogP) is 0.824. The lowest BCUT2D eigenvalue weighted by Crippen LogP contribution is -2.47. The Bertz CT molecular complexity index is 517. The highest BCUT2D eigenvalue weighted by molar-refractivity contribution is 6.01. The number of piperidine rings is 1. The number of aryl methyl sites for hydroxylation is 1. The zero-order chi connectivity index (χ0) is 14.5. The lowest BCUT2D eigenvalue weighted by Gasteiger charge is -2.23. The molecule has 0 radical (unpaired) electrons. The minimum atomic E-state index is -0.430. The van der Waals surface area contributed by atoms with E-state index in [1.165, 1.54) is 0 Å². The van der Waals surface area contributed by atoms with Crippen molar-refractivity contribution in [3.8, 4) is 0 Å². The molecule has 2 heterocycles. The fourth-order valence-corrected chi connectivity index (χ4v) is 1.91. The van der Waals surface area contributed by atoms with E-state index in [1.54, 1.807) is 6.20 Å². The molecule has 0 bridgehead atoms. The summed E-state index contributed by atoms with van der Waals surface area (Å²) in [6, 6.07) is -0.430. The molecule has 1 atom stereocenters. The van der Waals surface area contributed by atoms with Crippen LogP contribution in [0.25, 0.3) is 0 Å². The first-order valence-corrected chi connectivity index (χ1v) is 6.78. The molecule has 7 nitrogen and oxygen atoms in total. The Morgan fingerprint density at radius 1 is 1.45 bits per heavy atom. The first-order valence-electron chi connectivity index (χ1n) is 6.78. The zero-order valence-corrected chi connectivity index (χ0v) is 11.7. The molecule has 20 heavy (non-hydrogen) atoms. The third-order valence-electron chi connectivity index (χ3n) is 3.05. The van der Waals surface area contributed by atoms with Gasteiger partial charge in [-0.2, -0.15) is 4.98 Å². The number of rotatable bonds is 5. The molecule has 1 aliphatic heterocycles. The zero-order valence-electron chi connectivity index (χ0n) is 11.7. The molecule has 7 heteroatoms. The van der Waals surface area contributed by atoms with Gasteiger partial charge in [-0.05, 0) is 19.8 Å². The molecule has 0 aliphatic carbocycles. The average Bonchev–Trinajstić information content (AvgIpc) is 2.42. The molecule has 3 N–H and O–H groups in total. The van der Waals surface area contributed by atoms with Crippen LogP contribution in [0.1, 0.15) is 31.7 Å². The highest BCUT2D eigenvalue weighted by atomic mass is 16.2. The number of hydrogen-bond donors (Lipinski definition) is 3. The van der Waals surface area contributed by atoms with E-state index in [0.717, 1.165) is 18.5 Å². The maximum atomic E-state index is 11.7. The fourth-order valence-electron chi connectivity index (χ4n) is 1.91. The van der Waals surface area contributed by atoms with Gasteiger partial charge in [0, 0.05) is 24.7 Å². The standard InChI is InChI=1S/C13H19N5O2/c1-3-6-14-13-15-7-8(2)11(18-13)16-9-4-5-10(19)17-12(9)20/h7,9H,3-6H2,1-2H3,(H,17,19,20)(H2,14,15,16,18). The van der Waals surface area contributed by atoms with Crippen molar-refractivity contribution in [3.63, 3.8) is 0 Å².